The van der Waals surface area contributed by atoms with E-state index in [1.54, 1.807) is 6.20 Å². The molecule has 0 aromatic carbocycles. The van der Waals surface area contributed by atoms with Crippen molar-refractivity contribution in [1.29, 1.82) is 5.26 Å². The van der Waals surface area contributed by atoms with Gasteiger partial charge in [0.15, 0.2) is 0 Å². The summed E-state index contributed by atoms with van der Waals surface area (Å²) >= 11 is 6.50. The minimum atomic E-state index is -3.16. The van der Waals surface area contributed by atoms with Crippen molar-refractivity contribution in [3.63, 3.8) is 0 Å². The summed E-state index contributed by atoms with van der Waals surface area (Å²) in [6.07, 6.45) is 8.03. The van der Waals surface area contributed by atoms with E-state index < -0.39 is 15.4 Å². The second kappa shape index (κ2) is 11.7. The van der Waals surface area contributed by atoms with Crippen molar-refractivity contribution in [1.82, 2.24) is 14.7 Å². The molecular weight excluding hydrogens is 500 g/mol. The normalized spacial score (nSPS) is 21.9. The Morgan fingerprint density at radius 1 is 1.19 bits per heavy atom. The molecule has 9 nitrogen and oxygen atoms in total. The monoisotopic (exact) mass is 532 g/mol. The van der Waals surface area contributed by atoms with E-state index >= 15 is 0 Å². The zero-order valence-corrected chi connectivity index (χ0v) is 22.0. The molecule has 3 heterocycles. The van der Waals surface area contributed by atoms with Crippen LogP contribution in [-0.4, -0.2) is 57.0 Å². The van der Waals surface area contributed by atoms with Gasteiger partial charge in [-0.15, -0.1) is 0 Å². The highest BCUT2D eigenvalue weighted by molar-refractivity contribution is 7.88. The van der Waals surface area contributed by atoms with Crippen molar-refractivity contribution in [3.8, 4) is 17.3 Å². The first-order valence-corrected chi connectivity index (χ1v) is 14.6. The molecule has 1 aliphatic carbocycles. The van der Waals surface area contributed by atoms with Gasteiger partial charge in [0.05, 0.1) is 28.5 Å². The Hall–Kier alpha value is -2.45. The van der Waals surface area contributed by atoms with Crippen LogP contribution in [0.2, 0.25) is 5.02 Å². The fourth-order valence-corrected chi connectivity index (χ4v) is 5.47. The van der Waals surface area contributed by atoms with Crippen molar-refractivity contribution in [2.75, 3.05) is 43.2 Å². The number of hydrogen-bond donors (Lipinski definition) is 3. The molecule has 0 spiro atoms. The number of ether oxygens (including phenoxy) is 1. The van der Waals surface area contributed by atoms with Crippen LogP contribution in [-0.2, 0) is 14.8 Å². The number of halogens is 1. The number of pyridine rings is 2. The predicted octanol–water partition coefficient (Wildman–Crippen LogP) is 4.05. The lowest BCUT2D eigenvalue weighted by Crippen LogP contribution is -2.34. The summed E-state index contributed by atoms with van der Waals surface area (Å²) in [5.74, 6) is 1.78. The Bertz CT molecular complexity index is 1190. The zero-order valence-electron chi connectivity index (χ0n) is 20.5. The summed E-state index contributed by atoms with van der Waals surface area (Å²) in [5.41, 5.74) is 1.06. The Labute approximate surface area is 218 Å². The molecule has 0 radical (unpaired) electrons. The van der Waals surface area contributed by atoms with Crippen LogP contribution in [0.5, 0.6) is 0 Å². The van der Waals surface area contributed by atoms with Crippen molar-refractivity contribution in [2.24, 2.45) is 11.3 Å². The Kier molecular flexibility index (Phi) is 8.67. The van der Waals surface area contributed by atoms with Crippen LogP contribution >= 0.6 is 11.6 Å². The molecule has 0 amide bonds. The number of nitrogens with one attached hydrogen (secondary N) is 3. The van der Waals surface area contributed by atoms with Gasteiger partial charge in [-0.3, -0.25) is 0 Å². The molecule has 194 valence electrons. The van der Waals surface area contributed by atoms with E-state index in [1.807, 2.05) is 24.3 Å². The Morgan fingerprint density at radius 2 is 1.94 bits per heavy atom. The first-order valence-electron chi connectivity index (χ1n) is 12.3. The molecule has 3 N–H and O–H groups in total. The Balaban J connectivity index is 1.38. The lowest BCUT2D eigenvalue weighted by Gasteiger charge is -2.30. The maximum Gasteiger partial charge on any atom is 0.208 e. The highest BCUT2D eigenvalue weighted by atomic mass is 35.5. The lowest BCUT2D eigenvalue weighted by atomic mass is 9.82. The number of hydrogen-bond acceptors (Lipinski definition) is 8. The van der Waals surface area contributed by atoms with Crippen LogP contribution < -0.4 is 15.4 Å². The number of aromatic nitrogens is 2. The van der Waals surface area contributed by atoms with Crippen LogP contribution in [0.1, 0.15) is 38.5 Å². The highest BCUT2D eigenvalue weighted by Gasteiger charge is 2.32. The molecule has 1 saturated heterocycles. The number of rotatable bonds is 9. The van der Waals surface area contributed by atoms with Crippen molar-refractivity contribution in [2.45, 2.75) is 44.6 Å². The molecule has 1 saturated carbocycles. The van der Waals surface area contributed by atoms with Gasteiger partial charge in [0.1, 0.15) is 11.6 Å². The van der Waals surface area contributed by atoms with Gasteiger partial charge in [-0.05, 0) is 62.6 Å². The van der Waals surface area contributed by atoms with E-state index in [0.717, 1.165) is 42.8 Å². The van der Waals surface area contributed by atoms with Gasteiger partial charge in [-0.25, -0.2) is 23.1 Å². The summed E-state index contributed by atoms with van der Waals surface area (Å²) in [6, 6.07) is 10.4. The third kappa shape index (κ3) is 7.29. The van der Waals surface area contributed by atoms with Crippen LogP contribution in [0.25, 0.3) is 11.3 Å². The summed E-state index contributed by atoms with van der Waals surface area (Å²) < 4.78 is 30.7. The maximum atomic E-state index is 11.3. The topological polar surface area (TPSA) is 129 Å². The van der Waals surface area contributed by atoms with Gasteiger partial charge in [0.25, 0.3) is 0 Å². The predicted molar refractivity (Wildman–Crippen MR) is 141 cm³/mol. The van der Waals surface area contributed by atoms with E-state index in [9.17, 15) is 13.7 Å². The summed E-state index contributed by atoms with van der Waals surface area (Å²) in [6.45, 7) is 2.21. The molecule has 0 bridgehead atoms. The third-order valence-corrected chi connectivity index (χ3v) is 8.00. The first kappa shape index (κ1) is 26.6. The van der Waals surface area contributed by atoms with Crippen molar-refractivity contribution in [3.05, 3.63) is 35.5 Å². The smallest absolute Gasteiger partial charge is 0.208 e. The van der Waals surface area contributed by atoms with Gasteiger partial charge < -0.3 is 15.4 Å². The van der Waals surface area contributed by atoms with E-state index in [0.29, 0.717) is 55.9 Å². The van der Waals surface area contributed by atoms with E-state index in [2.05, 4.69) is 26.4 Å². The van der Waals surface area contributed by atoms with Gasteiger partial charge in [-0.2, -0.15) is 5.26 Å². The molecule has 1 aliphatic heterocycles. The Morgan fingerprint density at radius 3 is 2.64 bits per heavy atom. The molecule has 0 unspecified atom stereocenters. The second-order valence-electron chi connectivity index (χ2n) is 9.80. The molecule has 2 aliphatic rings. The van der Waals surface area contributed by atoms with Crippen molar-refractivity contribution < 1.29 is 13.2 Å². The standard InChI is InChI=1S/C25H33ClN6O3S/c1-36(33,34)30-14-18-5-7-19(8-6-18)31-24-13-20(21(26)15-28-24)22-3-2-4-23(32-22)29-17-25(16-27)9-11-35-12-10-25/h2-4,13,15,18-19,30H,5-12,14,17H2,1H3,(H,28,31)(H,29,32)/t18-,19-. The third-order valence-electron chi connectivity index (χ3n) is 7.01. The van der Waals surface area contributed by atoms with Crippen LogP contribution in [0, 0.1) is 22.7 Å². The lowest BCUT2D eigenvalue weighted by molar-refractivity contribution is 0.0455. The van der Waals surface area contributed by atoms with Crippen LogP contribution in [0.3, 0.4) is 0 Å². The van der Waals surface area contributed by atoms with Gasteiger partial charge in [0, 0.05) is 44.1 Å². The molecule has 4 rings (SSSR count). The first-order chi connectivity index (χ1) is 17.3. The fraction of sp³-hybridized carbons (Fsp3) is 0.560. The van der Waals surface area contributed by atoms with E-state index in [-0.39, 0.29) is 6.04 Å². The molecule has 2 aromatic heterocycles. The minimum Gasteiger partial charge on any atom is -0.381 e. The largest absolute Gasteiger partial charge is 0.381 e. The molecule has 2 aromatic rings. The quantitative estimate of drug-likeness (QED) is 0.441. The van der Waals surface area contributed by atoms with Gasteiger partial charge in [0.2, 0.25) is 10.0 Å². The maximum absolute atomic E-state index is 11.3. The average molecular weight is 533 g/mol. The van der Waals surface area contributed by atoms with E-state index in [4.69, 9.17) is 21.3 Å². The number of nitriles is 1. The molecule has 2 fully saturated rings. The van der Waals surface area contributed by atoms with E-state index in [1.165, 1.54) is 6.26 Å². The second-order valence-corrected chi connectivity index (χ2v) is 12.0. The molecular formula is C25H33ClN6O3S. The molecule has 36 heavy (non-hydrogen) atoms. The summed E-state index contributed by atoms with van der Waals surface area (Å²) in [5, 5.41) is 17.1. The van der Waals surface area contributed by atoms with Gasteiger partial charge >= 0.3 is 0 Å². The number of anilines is 2. The summed E-state index contributed by atoms with van der Waals surface area (Å²) in [4.78, 5) is 9.20. The average Bonchev–Trinajstić information content (AvgIpc) is 2.88. The number of sulfonamides is 1. The van der Waals surface area contributed by atoms with Crippen molar-refractivity contribution >= 4 is 33.3 Å². The minimum absolute atomic E-state index is 0.267. The highest BCUT2D eigenvalue weighted by Crippen LogP contribution is 2.32. The van der Waals surface area contributed by atoms with Crippen LogP contribution in [0.15, 0.2) is 30.5 Å². The van der Waals surface area contributed by atoms with Gasteiger partial charge in [-0.1, -0.05) is 17.7 Å². The molecule has 0 atom stereocenters. The fourth-order valence-electron chi connectivity index (χ4n) is 4.74. The van der Waals surface area contributed by atoms with Crippen LogP contribution in [0.4, 0.5) is 11.6 Å². The zero-order chi connectivity index (χ0) is 25.6. The SMILES string of the molecule is CS(=O)(=O)NC[C@H]1CC[C@H](Nc2cc(-c3cccc(NCC4(C#N)CCOCC4)n3)c(Cl)cn2)CC1. The summed E-state index contributed by atoms with van der Waals surface area (Å²) in [7, 11) is -3.16. The number of nitrogens with zero attached hydrogens (tertiary/aromatic N) is 3. The molecule has 11 heteroatoms.